The Bertz CT molecular complexity index is 476. The molecule has 27 heavy (non-hydrogen) atoms. The van der Waals surface area contributed by atoms with Gasteiger partial charge in [0.2, 0.25) is 11.8 Å². The molecule has 0 radical (unpaired) electrons. The Labute approximate surface area is 181 Å². The van der Waals surface area contributed by atoms with Gasteiger partial charge >= 0.3 is 0 Å². The molecule has 0 atom stereocenters. The molecule has 2 amide bonds. The predicted molar refractivity (Wildman–Crippen MR) is 121 cm³/mol. The van der Waals surface area contributed by atoms with Crippen LogP contribution in [0.5, 0.6) is 0 Å². The van der Waals surface area contributed by atoms with Crippen LogP contribution in [-0.4, -0.2) is 110 Å². The van der Waals surface area contributed by atoms with Crippen molar-refractivity contribution in [2.75, 3.05) is 72.5 Å². The second kappa shape index (κ2) is 14.0. The third-order valence-corrected chi connectivity index (χ3v) is 4.68. The second-order valence-electron chi connectivity index (χ2n) is 6.51. The van der Waals surface area contributed by atoms with Crippen LogP contribution in [0.4, 0.5) is 0 Å². The summed E-state index contributed by atoms with van der Waals surface area (Å²) in [5.74, 6) is 1.02. The van der Waals surface area contributed by atoms with Gasteiger partial charge < -0.3 is 20.0 Å². The molecule has 0 aliphatic carbocycles. The molecule has 0 aromatic heterocycles. The van der Waals surface area contributed by atoms with Gasteiger partial charge in [-0.05, 0) is 20.8 Å². The number of carbonyl (C=O) groups is 2. The van der Waals surface area contributed by atoms with Crippen LogP contribution in [0, 0.1) is 0 Å². The van der Waals surface area contributed by atoms with E-state index in [0.29, 0.717) is 13.1 Å². The molecule has 0 spiro atoms. The zero-order valence-electron chi connectivity index (χ0n) is 17.5. The van der Waals surface area contributed by atoms with E-state index in [9.17, 15) is 9.59 Å². The number of amides is 2. The molecule has 158 valence electrons. The largest absolute Gasteiger partial charge is 0.357 e. The lowest BCUT2D eigenvalue weighted by Crippen LogP contribution is -2.49. The molecule has 1 aliphatic heterocycles. The van der Waals surface area contributed by atoms with E-state index in [0.717, 1.165) is 58.3 Å². The van der Waals surface area contributed by atoms with Gasteiger partial charge in [-0.15, -0.1) is 24.0 Å². The molecule has 1 rings (SSSR count). The van der Waals surface area contributed by atoms with Crippen molar-refractivity contribution in [2.45, 2.75) is 27.7 Å². The summed E-state index contributed by atoms with van der Waals surface area (Å²) in [5.41, 5.74) is 0. The number of rotatable bonds is 8. The van der Waals surface area contributed by atoms with Crippen molar-refractivity contribution in [1.29, 1.82) is 0 Å². The molecule has 8 nitrogen and oxygen atoms in total. The van der Waals surface area contributed by atoms with Crippen molar-refractivity contribution in [3.8, 4) is 0 Å². The molecule has 9 heteroatoms. The molecular formula is C18H37IN6O2. The fourth-order valence-electron chi connectivity index (χ4n) is 3.01. The molecule has 0 bridgehead atoms. The van der Waals surface area contributed by atoms with Gasteiger partial charge in [0.25, 0.3) is 0 Å². The SMILES string of the molecule is CCNC(=NCCN1CCN(C(C)=O)CC1)N(C)CC(=O)N(CC)CC.I. The van der Waals surface area contributed by atoms with Crippen molar-refractivity contribution in [3.05, 3.63) is 0 Å². The highest BCUT2D eigenvalue weighted by Crippen LogP contribution is 2.02. The molecule has 0 aromatic rings. The van der Waals surface area contributed by atoms with E-state index < -0.39 is 0 Å². The van der Waals surface area contributed by atoms with E-state index in [2.05, 4.69) is 15.2 Å². The number of nitrogens with zero attached hydrogens (tertiary/aromatic N) is 5. The van der Waals surface area contributed by atoms with E-state index >= 15 is 0 Å². The number of halogens is 1. The smallest absolute Gasteiger partial charge is 0.242 e. The van der Waals surface area contributed by atoms with Crippen molar-refractivity contribution in [1.82, 2.24) is 24.9 Å². The van der Waals surface area contributed by atoms with Crippen LogP contribution in [0.3, 0.4) is 0 Å². The van der Waals surface area contributed by atoms with Gasteiger partial charge in [0.05, 0.1) is 13.1 Å². The van der Waals surface area contributed by atoms with Crippen molar-refractivity contribution in [3.63, 3.8) is 0 Å². The van der Waals surface area contributed by atoms with E-state index in [-0.39, 0.29) is 35.8 Å². The van der Waals surface area contributed by atoms with Gasteiger partial charge in [0, 0.05) is 66.3 Å². The number of hydrogen-bond donors (Lipinski definition) is 1. The normalized spacial score (nSPS) is 15.1. The van der Waals surface area contributed by atoms with E-state index in [1.807, 2.05) is 42.5 Å². The third kappa shape index (κ3) is 9.09. The van der Waals surface area contributed by atoms with E-state index in [4.69, 9.17) is 0 Å². The first-order valence-electron chi connectivity index (χ1n) is 9.67. The predicted octanol–water partition coefficient (Wildman–Crippen LogP) is 0.534. The molecule has 0 saturated carbocycles. The fourth-order valence-corrected chi connectivity index (χ4v) is 3.01. The molecule has 0 unspecified atom stereocenters. The lowest BCUT2D eigenvalue weighted by atomic mass is 10.3. The number of guanidine groups is 1. The van der Waals surface area contributed by atoms with Gasteiger partial charge in [0.15, 0.2) is 5.96 Å². The zero-order valence-corrected chi connectivity index (χ0v) is 19.9. The Hall–Kier alpha value is -1.10. The first kappa shape index (κ1) is 25.9. The Morgan fingerprint density at radius 2 is 1.67 bits per heavy atom. The second-order valence-corrected chi connectivity index (χ2v) is 6.51. The third-order valence-electron chi connectivity index (χ3n) is 4.68. The maximum Gasteiger partial charge on any atom is 0.242 e. The molecule has 1 N–H and O–H groups in total. The molecule has 0 aromatic carbocycles. The average Bonchev–Trinajstić information content (AvgIpc) is 2.62. The lowest BCUT2D eigenvalue weighted by molar-refractivity contribution is -0.131. The Morgan fingerprint density at radius 3 is 2.15 bits per heavy atom. The first-order valence-corrected chi connectivity index (χ1v) is 9.67. The first-order chi connectivity index (χ1) is 12.4. The summed E-state index contributed by atoms with van der Waals surface area (Å²) in [7, 11) is 1.90. The van der Waals surface area contributed by atoms with Crippen LogP contribution < -0.4 is 5.32 Å². The number of likely N-dealkylation sites (N-methyl/N-ethyl adjacent to an activating group) is 2. The summed E-state index contributed by atoms with van der Waals surface area (Å²) in [6, 6.07) is 0. The number of nitrogens with one attached hydrogen (secondary N) is 1. The molecule has 1 heterocycles. The summed E-state index contributed by atoms with van der Waals surface area (Å²) >= 11 is 0. The summed E-state index contributed by atoms with van der Waals surface area (Å²) in [4.78, 5) is 36.3. The van der Waals surface area contributed by atoms with Crippen LogP contribution in [0.1, 0.15) is 27.7 Å². The number of hydrogen-bond acceptors (Lipinski definition) is 4. The van der Waals surface area contributed by atoms with Crippen LogP contribution in [0.25, 0.3) is 0 Å². The topological polar surface area (TPSA) is 71.5 Å². The van der Waals surface area contributed by atoms with Crippen LogP contribution in [0.15, 0.2) is 4.99 Å². The Morgan fingerprint density at radius 1 is 1.07 bits per heavy atom. The monoisotopic (exact) mass is 496 g/mol. The Balaban J connectivity index is 0.00000676. The number of carbonyl (C=O) groups excluding carboxylic acids is 2. The fraction of sp³-hybridized carbons (Fsp3) is 0.833. The highest BCUT2D eigenvalue weighted by atomic mass is 127. The zero-order chi connectivity index (χ0) is 19.5. The highest BCUT2D eigenvalue weighted by Gasteiger charge is 2.18. The quantitative estimate of drug-likeness (QED) is 0.302. The van der Waals surface area contributed by atoms with Crippen LogP contribution >= 0.6 is 24.0 Å². The minimum atomic E-state index is 0. The summed E-state index contributed by atoms with van der Waals surface area (Å²) in [6.45, 7) is 15.1. The van der Waals surface area contributed by atoms with Crippen molar-refractivity contribution >= 4 is 41.8 Å². The summed E-state index contributed by atoms with van der Waals surface area (Å²) in [6.07, 6.45) is 0. The van der Waals surface area contributed by atoms with Gasteiger partial charge in [-0.25, -0.2) is 0 Å². The van der Waals surface area contributed by atoms with Crippen LogP contribution in [-0.2, 0) is 9.59 Å². The highest BCUT2D eigenvalue weighted by molar-refractivity contribution is 14.0. The van der Waals surface area contributed by atoms with Crippen molar-refractivity contribution < 1.29 is 9.59 Å². The standard InChI is InChI=1S/C18H36N6O2.HI/c1-6-19-18(21(5)15-17(26)23(7-2)8-3)20-9-10-22-11-13-24(14-12-22)16(4)25;/h6-15H2,1-5H3,(H,19,20);1H. The number of aliphatic imine (C=N–C) groups is 1. The molecular weight excluding hydrogens is 459 g/mol. The Kier molecular flexibility index (Phi) is 13.4. The summed E-state index contributed by atoms with van der Waals surface area (Å²) in [5, 5.41) is 3.26. The number of piperazine rings is 1. The molecule has 1 saturated heterocycles. The van der Waals surface area contributed by atoms with Crippen molar-refractivity contribution in [2.24, 2.45) is 4.99 Å². The molecule has 1 fully saturated rings. The van der Waals surface area contributed by atoms with Crippen LogP contribution in [0.2, 0.25) is 0 Å². The van der Waals surface area contributed by atoms with E-state index in [1.165, 1.54) is 0 Å². The van der Waals surface area contributed by atoms with Gasteiger partial charge in [-0.3, -0.25) is 19.5 Å². The van der Waals surface area contributed by atoms with Gasteiger partial charge in [-0.1, -0.05) is 0 Å². The minimum absolute atomic E-state index is 0. The minimum Gasteiger partial charge on any atom is -0.357 e. The summed E-state index contributed by atoms with van der Waals surface area (Å²) < 4.78 is 0. The maximum atomic E-state index is 12.3. The van der Waals surface area contributed by atoms with Gasteiger partial charge in [-0.2, -0.15) is 0 Å². The lowest BCUT2D eigenvalue weighted by Gasteiger charge is -2.33. The average molecular weight is 496 g/mol. The van der Waals surface area contributed by atoms with E-state index in [1.54, 1.807) is 6.92 Å². The van der Waals surface area contributed by atoms with Gasteiger partial charge in [0.1, 0.15) is 0 Å². The maximum absolute atomic E-state index is 12.3. The molecule has 1 aliphatic rings.